The van der Waals surface area contributed by atoms with Crippen molar-refractivity contribution in [3.05, 3.63) is 0 Å². The lowest BCUT2D eigenvalue weighted by atomic mass is 9.64. The van der Waals surface area contributed by atoms with Crippen LogP contribution in [0.5, 0.6) is 0 Å². The second-order valence-electron chi connectivity index (χ2n) is 5.80. The highest BCUT2D eigenvalue weighted by Gasteiger charge is 2.49. The molecule has 3 atom stereocenters. The molecule has 0 aromatic rings. The molecule has 19 heavy (non-hydrogen) atoms. The highest BCUT2D eigenvalue weighted by atomic mass is 16.5. The monoisotopic (exact) mass is 272 g/mol. The molecule has 1 fully saturated rings. The molecule has 5 nitrogen and oxygen atoms in total. The highest BCUT2D eigenvalue weighted by molar-refractivity contribution is 5.81. The van der Waals surface area contributed by atoms with Crippen molar-refractivity contribution in [2.24, 2.45) is 11.1 Å². The molecule has 1 aliphatic carbocycles. The Morgan fingerprint density at radius 3 is 2.74 bits per heavy atom. The molecule has 0 aliphatic heterocycles. The molecule has 0 aromatic heterocycles. The van der Waals surface area contributed by atoms with Crippen LogP contribution in [-0.2, 0) is 14.3 Å². The van der Waals surface area contributed by atoms with E-state index in [4.69, 9.17) is 15.2 Å². The van der Waals surface area contributed by atoms with Crippen LogP contribution >= 0.6 is 0 Å². The number of hydrogen-bond acceptors (Lipinski definition) is 4. The molecular formula is C14H28N2O3. The predicted octanol–water partition coefficient (Wildman–Crippen LogP) is 1.06. The molecule has 1 amide bonds. The Balaban J connectivity index is 2.33. The zero-order valence-electron chi connectivity index (χ0n) is 12.6. The first-order valence-electron chi connectivity index (χ1n) is 7.10. The van der Waals surface area contributed by atoms with Gasteiger partial charge >= 0.3 is 0 Å². The number of rotatable bonds is 8. The van der Waals surface area contributed by atoms with Crippen molar-refractivity contribution in [3.63, 3.8) is 0 Å². The van der Waals surface area contributed by atoms with E-state index < -0.39 is 6.04 Å². The van der Waals surface area contributed by atoms with Crippen LogP contribution in [0.15, 0.2) is 0 Å². The number of nitrogens with one attached hydrogen (secondary N) is 1. The van der Waals surface area contributed by atoms with Gasteiger partial charge in [0.15, 0.2) is 0 Å². The Morgan fingerprint density at radius 2 is 2.21 bits per heavy atom. The van der Waals surface area contributed by atoms with Gasteiger partial charge in [0.25, 0.3) is 0 Å². The van der Waals surface area contributed by atoms with Gasteiger partial charge in [-0.25, -0.2) is 0 Å². The molecule has 5 heteroatoms. The fourth-order valence-corrected chi connectivity index (χ4v) is 2.47. The summed E-state index contributed by atoms with van der Waals surface area (Å²) in [5.41, 5.74) is 5.85. The van der Waals surface area contributed by atoms with Crippen molar-refractivity contribution in [1.82, 2.24) is 5.32 Å². The molecule has 112 valence electrons. The molecule has 0 bridgehead atoms. The Kier molecular flexibility index (Phi) is 6.23. The van der Waals surface area contributed by atoms with E-state index in [1.54, 1.807) is 7.11 Å². The molecule has 0 heterocycles. The average Bonchev–Trinajstić information content (AvgIpc) is 2.37. The van der Waals surface area contributed by atoms with Gasteiger partial charge in [-0.15, -0.1) is 0 Å². The number of carbonyl (C=O) groups excluding carboxylic acids is 1. The van der Waals surface area contributed by atoms with Crippen LogP contribution in [-0.4, -0.2) is 44.4 Å². The Bertz CT molecular complexity index is 294. The van der Waals surface area contributed by atoms with Crippen LogP contribution in [0.1, 0.15) is 40.0 Å². The van der Waals surface area contributed by atoms with Crippen LogP contribution in [0, 0.1) is 5.41 Å². The molecule has 1 rings (SSSR count). The first-order valence-corrected chi connectivity index (χ1v) is 7.10. The Morgan fingerprint density at radius 1 is 1.53 bits per heavy atom. The van der Waals surface area contributed by atoms with Gasteiger partial charge in [0.1, 0.15) is 0 Å². The van der Waals surface area contributed by atoms with Gasteiger partial charge in [-0.3, -0.25) is 4.79 Å². The molecule has 0 aromatic carbocycles. The third kappa shape index (κ3) is 4.16. The minimum atomic E-state index is -0.447. The zero-order valence-corrected chi connectivity index (χ0v) is 12.6. The van der Waals surface area contributed by atoms with E-state index in [9.17, 15) is 4.79 Å². The molecule has 3 unspecified atom stereocenters. The zero-order chi connectivity index (χ0) is 14.5. The third-order valence-electron chi connectivity index (χ3n) is 4.06. The summed E-state index contributed by atoms with van der Waals surface area (Å²) >= 11 is 0. The van der Waals surface area contributed by atoms with Gasteiger partial charge in [-0.05, 0) is 26.2 Å². The Hall–Kier alpha value is -0.650. The summed E-state index contributed by atoms with van der Waals surface area (Å²) in [6, 6.07) is -0.290. The largest absolute Gasteiger partial charge is 0.385 e. The number of carbonyl (C=O) groups is 1. The molecule has 1 aliphatic rings. The number of methoxy groups -OCH3 is 1. The standard InChI is InChI=1S/C14H28N2O3/c1-5-19-12-9-11(14(12,2)3)16-13(17)10(15)7-6-8-18-4/h10-12H,5-9,15H2,1-4H3,(H,16,17). The lowest BCUT2D eigenvalue weighted by Crippen LogP contribution is -2.63. The van der Waals surface area contributed by atoms with Gasteiger partial charge in [0.05, 0.1) is 12.1 Å². The molecule has 1 saturated carbocycles. The predicted molar refractivity (Wildman–Crippen MR) is 74.8 cm³/mol. The number of ether oxygens (including phenoxy) is 2. The second-order valence-corrected chi connectivity index (χ2v) is 5.80. The maximum absolute atomic E-state index is 12.0. The topological polar surface area (TPSA) is 73.6 Å². The van der Waals surface area contributed by atoms with Gasteiger partial charge in [-0.1, -0.05) is 13.8 Å². The molecule has 0 radical (unpaired) electrons. The van der Waals surface area contributed by atoms with E-state index in [0.29, 0.717) is 19.6 Å². The van der Waals surface area contributed by atoms with Crippen LogP contribution < -0.4 is 11.1 Å². The van der Waals surface area contributed by atoms with Crippen molar-refractivity contribution in [1.29, 1.82) is 0 Å². The van der Waals surface area contributed by atoms with Gasteiger partial charge in [0, 0.05) is 31.8 Å². The van der Waals surface area contributed by atoms with E-state index >= 15 is 0 Å². The van der Waals surface area contributed by atoms with Crippen molar-refractivity contribution >= 4 is 5.91 Å². The summed E-state index contributed by atoms with van der Waals surface area (Å²) < 4.78 is 10.6. The van der Waals surface area contributed by atoms with Crippen molar-refractivity contribution in [2.45, 2.75) is 58.2 Å². The molecule has 0 spiro atoms. The smallest absolute Gasteiger partial charge is 0.237 e. The maximum Gasteiger partial charge on any atom is 0.237 e. The van der Waals surface area contributed by atoms with Gasteiger partial charge < -0.3 is 20.5 Å². The van der Waals surface area contributed by atoms with Crippen molar-refractivity contribution < 1.29 is 14.3 Å². The van der Waals surface area contributed by atoms with E-state index in [2.05, 4.69) is 19.2 Å². The first-order chi connectivity index (χ1) is 8.93. The average molecular weight is 272 g/mol. The quantitative estimate of drug-likeness (QED) is 0.648. The number of nitrogens with two attached hydrogens (primary N) is 1. The molecule has 0 saturated heterocycles. The number of hydrogen-bond donors (Lipinski definition) is 2. The Labute approximate surface area is 116 Å². The normalized spacial score (nSPS) is 26.6. The highest BCUT2D eigenvalue weighted by Crippen LogP contribution is 2.42. The molecular weight excluding hydrogens is 244 g/mol. The maximum atomic E-state index is 12.0. The van der Waals surface area contributed by atoms with Crippen LogP contribution in [0.4, 0.5) is 0 Å². The summed E-state index contributed by atoms with van der Waals surface area (Å²) in [5.74, 6) is -0.0656. The van der Waals surface area contributed by atoms with Gasteiger partial charge in [0.2, 0.25) is 5.91 Å². The van der Waals surface area contributed by atoms with E-state index in [1.165, 1.54) is 0 Å². The first kappa shape index (κ1) is 16.4. The fourth-order valence-electron chi connectivity index (χ4n) is 2.47. The minimum Gasteiger partial charge on any atom is -0.385 e. The van der Waals surface area contributed by atoms with E-state index in [-0.39, 0.29) is 23.5 Å². The fraction of sp³-hybridized carbons (Fsp3) is 0.929. The summed E-state index contributed by atoms with van der Waals surface area (Å²) in [6.07, 6.45) is 2.56. The third-order valence-corrected chi connectivity index (χ3v) is 4.06. The number of amides is 1. The summed E-state index contributed by atoms with van der Waals surface area (Å²) in [4.78, 5) is 12.0. The van der Waals surface area contributed by atoms with Gasteiger partial charge in [-0.2, -0.15) is 0 Å². The summed E-state index contributed by atoms with van der Waals surface area (Å²) in [5, 5.41) is 3.04. The molecule has 3 N–H and O–H groups in total. The second kappa shape index (κ2) is 7.22. The van der Waals surface area contributed by atoms with Crippen molar-refractivity contribution in [2.75, 3.05) is 20.3 Å². The lowest BCUT2D eigenvalue weighted by Gasteiger charge is -2.51. The summed E-state index contributed by atoms with van der Waals surface area (Å²) in [7, 11) is 1.65. The van der Waals surface area contributed by atoms with Crippen LogP contribution in [0.2, 0.25) is 0 Å². The van der Waals surface area contributed by atoms with E-state index in [0.717, 1.165) is 12.8 Å². The lowest BCUT2D eigenvalue weighted by molar-refractivity contribution is -0.137. The SMILES string of the molecule is CCOC1CC(NC(=O)C(N)CCCOC)C1(C)C. The van der Waals surface area contributed by atoms with Crippen LogP contribution in [0.25, 0.3) is 0 Å². The van der Waals surface area contributed by atoms with E-state index in [1.807, 2.05) is 6.92 Å². The van der Waals surface area contributed by atoms with Crippen molar-refractivity contribution in [3.8, 4) is 0 Å². The minimum absolute atomic E-state index is 0.0160. The van der Waals surface area contributed by atoms with Crippen LogP contribution in [0.3, 0.4) is 0 Å². The summed E-state index contributed by atoms with van der Waals surface area (Å²) in [6.45, 7) is 7.59.